The summed E-state index contributed by atoms with van der Waals surface area (Å²) >= 11 is 0.823. The van der Waals surface area contributed by atoms with Crippen LogP contribution in [0.5, 0.6) is 11.5 Å². The number of aromatic nitrogens is 1. The first-order valence-electron chi connectivity index (χ1n) is 7.63. The summed E-state index contributed by atoms with van der Waals surface area (Å²) in [5.74, 6) is -0.182. The second kappa shape index (κ2) is 7.52. The molecule has 0 fully saturated rings. The SMILES string of the molecule is COc1cc(/C=C/C(=O)Nc2nc(C(C)(C)C)c([N+](=O)[O-])s2)ccc1O. The number of nitrogens with one attached hydrogen (secondary N) is 1. The summed E-state index contributed by atoms with van der Waals surface area (Å²) in [5.41, 5.74) is 0.464. The van der Waals surface area contributed by atoms with Gasteiger partial charge in [-0.1, -0.05) is 26.8 Å². The number of phenolic OH excluding ortho intramolecular Hbond substituents is 1. The molecule has 8 nitrogen and oxygen atoms in total. The molecule has 0 radical (unpaired) electrons. The fourth-order valence-electron chi connectivity index (χ4n) is 2.09. The smallest absolute Gasteiger partial charge is 0.349 e. The van der Waals surface area contributed by atoms with Crippen molar-refractivity contribution in [2.45, 2.75) is 26.2 Å². The lowest BCUT2D eigenvalue weighted by Gasteiger charge is -2.13. The Labute approximate surface area is 154 Å². The van der Waals surface area contributed by atoms with Crippen LogP contribution in [0, 0.1) is 10.1 Å². The van der Waals surface area contributed by atoms with Crippen LogP contribution in [-0.4, -0.2) is 28.0 Å². The highest BCUT2D eigenvalue weighted by Crippen LogP contribution is 2.37. The Balaban J connectivity index is 2.16. The molecule has 0 aliphatic carbocycles. The van der Waals surface area contributed by atoms with Gasteiger partial charge in [-0.05, 0) is 35.1 Å². The van der Waals surface area contributed by atoms with Crippen LogP contribution in [-0.2, 0) is 10.2 Å². The highest BCUT2D eigenvalue weighted by Gasteiger charge is 2.30. The lowest BCUT2D eigenvalue weighted by molar-refractivity contribution is -0.381. The molecule has 26 heavy (non-hydrogen) atoms. The Bertz CT molecular complexity index is 868. The molecular weight excluding hydrogens is 358 g/mol. The van der Waals surface area contributed by atoms with Gasteiger partial charge in [0.2, 0.25) is 5.91 Å². The third-order valence-corrected chi connectivity index (χ3v) is 4.27. The van der Waals surface area contributed by atoms with Crippen LogP contribution in [0.25, 0.3) is 6.08 Å². The highest BCUT2D eigenvalue weighted by molar-refractivity contribution is 7.19. The van der Waals surface area contributed by atoms with Gasteiger partial charge in [0.15, 0.2) is 16.6 Å². The fraction of sp³-hybridized carbons (Fsp3) is 0.294. The number of benzene rings is 1. The number of phenols is 1. The predicted octanol–water partition coefficient (Wildman–Crippen LogP) is 3.71. The van der Waals surface area contributed by atoms with Gasteiger partial charge in [0.25, 0.3) is 0 Å². The largest absolute Gasteiger partial charge is 0.504 e. The van der Waals surface area contributed by atoms with E-state index in [2.05, 4.69) is 10.3 Å². The molecule has 1 aromatic carbocycles. The molecule has 2 rings (SSSR count). The van der Waals surface area contributed by atoms with Gasteiger partial charge in [0, 0.05) is 11.5 Å². The minimum atomic E-state index is -0.514. The van der Waals surface area contributed by atoms with Gasteiger partial charge in [-0.25, -0.2) is 4.98 Å². The molecule has 0 spiro atoms. The first-order chi connectivity index (χ1) is 12.1. The van der Waals surface area contributed by atoms with E-state index in [9.17, 15) is 20.0 Å². The van der Waals surface area contributed by atoms with Crippen LogP contribution < -0.4 is 10.1 Å². The normalized spacial score (nSPS) is 11.5. The van der Waals surface area contributed by atoms with Gasteiger partial charge in [-0.2, -0.15) is 0 Å². The van der Waals surface area contributed by atoms with Crippen molar-refractivity contribution in [1.82, 2.24) is 4.98 Å². The van der Waals surface area contributed by atoms with Crippen LogP contribution in [0.4, 0.5) is 10.1 Å². The van der Waals surface area contributed by atoms with Crippen molar-refractivity contribution >= 4 is 33.5 Å². The number of amides is 1. The molecule has 1 aromatic heterocycles. The molecule has 138 valence electrons. The Hall–Kier alpha value is -2.94. The van der Waals surface area contributed by atoms with E-state index in [0.717, 1.165) is 11.3 Å². The minimum absolute atomic E-state index is 0.00101. The molecule has 1 amide bonds. The lowest BCUT2D eigenvalue weighted by atomic mass is 9.93. The summed E-state index contributed by atoms with van der Waals surface area (Å²) in [5, 5.41) is 23.4. The Morgan fingerprint density at radius 3 is 2.65 bits per heavy atom. The van der Waals surface area contributed by atoms with Crippen molar-refractivity contribution in [3.8, 4) is 11.5 Å². The van der Waals surface area contributed by atoms with Crippen molar-refractivity contribution in [1.29, 1.82) is 0 Å². The van der Waals surface area contributed by atoms with Crippen LogP contribution in [0.2, 0.25) is 0 Å². The average molecular weight is 377 g/mol. The first kappa shape index (κ1) is 19.4. The van der Waals surface area contributed by atoms with Gasteiger partial charge < -0.3 is 9.84 Å². The molecule has 0 bridgehead atoms. The van der Waals surface area contributed by atoms with Crippen LogP contribution in [0.15, 0.2) is 24.3 Å². The molecule has 0 aliphatic heterocycles. The maximum absolute atomic E-state index is 12.1. The molecule has 2 N–H and O–H groups in total. The summed E-state index contributed by atoms with van der Waals surface area (Å²) in [4.78, 5) is 26.9. The molecule has 9 heteroatoms. The van der Waals surface area contributed by atoms with E-state index in [1.165, 1.54) is 25.3 Å². The molecule has 0 unspecified atom stereocenters. The van der Waals surface area contributed by atoms with Crippen LogP contribution in [0.1, 0.15) is 32.0 Å². The highest BCUT2D eigenvalue weighted by atomic mass is 32.1. The summed E-state index contributed by atoms with van der Waals surface area (Å²) in [6.07, 6.45) is 2.81. The Morgan fingerprint density at radius 1 is 1.42 bits per heavy atom. The zero-order valence-corrected chi connectivity index (χ0v) is 15.6. The maximum atomic E-state index is 12.1. The average Bonchev–Trinajstić information content (AvgIpc) is 2.98. The maximum Gasteiger partial charge on any atom is 0.349 e. The lowest BCUT2D eigenvalue weighted by Crippen LogP contribution is -2.14. The van der Waals surface area contributed by atoms with Crippen molar-refractivity contribution < 1.29 is 19.6 Å². The summed E-state index contributed by atoms with van der Waals surface area (Å²) in [6.45, 7) is 5.45. The van der Waals surface area contributed by atoms with Crippen LogP contribution in [0.3, 0.4) is 0 Å². The van der Waals surface area contributed by atoms with Crippen LogP contribution >= 0.6 is 11.3 Å². The van der Waals surface area contributed by atoms with E-state index >= 15 is 0 Å². The molecule has 0 saturated heterocycles. The zero-order valence-electron chi connectivity index (χ0n) is 14.8. The van der Waals surface area contributed by atoms with Gasteiger partial charge in [0.1, 0.15) is 5.69 Å². The van der Waals surface area contributed by atoms with Crippen molar-refractivity contribution in [3.63, 3.8) is 0 Å². The number of ether oxygens (including phenoxy) is 1. The Kier molecular flexibility index (Phi) is 5.61. The molecule has 0 atom stereocenters. The number of nitro groups is 1. The molecular formula is C17H19N3O5S. The topological polar surface area (TPSA) is 115 Å². The van der Waals surface area contributed by atoms with E-state index in [1.807, 2.05) is 20.8 Å². The third kappa shape index (κ3) is 4.57. The number of thiazole rings is 1. The van der Waals surface area contributed by atoms with E-state index < -0.39 is 16.2 Å². The number of hydrogen-bond donors (Lipinski definition) is 2. The quantitative estimate of drug-likeness (QED) is 0.466. The minimum Gasteiger partial charge on any atom is -0.504 e. The van der Waals surface area contributed by atoms with Gasteiger partial charge >= 0.3 is 5.00 Å². The number of anilines is 1. The van der Waals surface area contributed by atoms with Gasteiger partial charge in [-0.3, -0.25) is 20.2 Å². The predicted molar refractivity (Wildman–Crippen MR) is 99.8 cm³/mol. The van der Waals surface area contributed by atoms with E-state index in [1.54, 1.807) is 12.1 Å². The number of carbonyl (C=O) groups is 1. The number of carbonyl (C=O) groups excluding carboxylic acids is 1. The number of rotatable bonds is 5. The van der Waals surface area contributed by atoms with Crippen molar-refractivity contribution in [3.05, 3.63) is 45.6 Å². The van der Waals surface area contributed by atoms with Gasteiger partial charge in [0.05, 0.1) is 12.0 Å². The molecule has 1 heterocycles. The van der Waals surface area contributed by atoms with Crippen molar-refractivity contribution in [2.75, 3.05) is 12.4 Å². The number of aromatic hydroxyl groups is 1. The Morgan fingerprint density at radius 2 is 2.12 bits per heavy atom. The third-order valence-electron chi connectivity index (χ3n) is 3.35. The summed E-state index contributed by atoms with van der Waals surface area (Å²) < 4.78 is 5.00. The fourth-order valence-corrected chi connectivity index (χ4v) is 3.09. The second-order valence-corrected chi connectivity index (χ2v) is 7.41. The summed E-state index contributed by atoms with van der Waals surface area (Å²) in [7, 11) is 1.43. The zero-order chi connectivity index (χ0) is 19.5. The first-order valence-corrected chi connectivity index (χ1v) is 8.45. The molecule has 0 saturated carbocycles. The van der Waals surface area contributed by atoms with E-state index in [-0.39, 0.29) is 21.6 Å². The second-order valence-electron chi connectivity index (χ2n) is 6.43. The molecule has 2 aromatic rings. The number of hydrogen-bond acceptors (Lipinski definition) is 7. The standard InChI is InChI=1S/C17H19N3O5S/c1-17(2,3)14-15(20(23)24)26-16(19-14)18-13(22)8-6-10-5-7-11(21)12(9-10)25-4/h5-9,21H,1-4H3,(H,18,19,22)/b8-6+. The van der Waals surface area contributed by atoms with E-state index in [4.69, 9.17) is 4.74 Å². The summed E-state index contributed by atoms with van der Waals surface area (Å²) in [6, 6.07) is 4.65. The number of nitrogens with zero attached hydrogens (tertiary/aromatic N) is 2. The van der Waals surface area contributed by atoms with E-state index in [0.29, 0.717) is 11.3 Å². The molecule has 0 aliphatic rings. The monoisotopic (exact) mass is 377 g/mol. The van der Waals surface area contributed by atoms with Crippen molar-refractivity contribution in [2.24, 2.45) is 0 Å². The number of methoxy groups -OCH3 is 1. The van der Waals surface area contributed by atoms with Gasteiger partial charge in [-0.15, -0.1) is 0 Å².